The number of hydrogen-bond acceptors (Lipinski definition) is 16. The van der Waals surface area contributed by atoms with Crippen LogP contribution in [0.4, 0.5) is 0 Å². The van der Waals surface area contributed by atoms with Gasteiger partial charge >= 0.3 is 0 Å². The SMILES string of the molecule is CC(C)CCOC1OC(CO)C(O)C(OC2OC(CO)C(O)C(OC3OC(COCC(C)C)C(O)C(O)C3O)C2O)C1O. The Hall–Kier alpha value is -0.640. The van der Waals surface area contributed by atoms with E-state index in [2.05, 4.69) is 0 Å². The molecule has 0 aromatic heterocycles. The highest BCUT2D eigenvalue weighted by atomic mass is 16.8. The summed E-state index contributed by atoms with van der Waals surface area (Å²) in [7, 11) is 0. The molecule has 0 saturated carbocycles. The Morgan fingerprint density at radius 2 is 1.05 bits per heavy atom. The predicted octanol–water partition coefficient (Wildman–Crippen LogP) is -3.82. The van der Waals surface area contributed by atoms with Crippen LogP contribution in [0.1, 0.15) is 34.1 Å². The van der Waals surface area contributed by atoms with Crippen molar-refractivity contribution in [1.29, 1.82) is 0 Å². The highest BCUT2D eigenvalue weighted by Crippen LogP contribution is 2.33. The Bertz CT molecular complexity index is 805. The second kappa shape index (κ2) is 16.8. The largest absolute Gasteiger partial charge is 0.394 e. The van der Waals surface area contributed by atoms with Gasteiger partial charge in [0.2, 0.25) is 0 Å². The van der Waals surface area contributed by atoms with Crippen molar-refractivity contribution in [2.75, 3.05) is 33.0 Å². The molecule has 43 heavy (non-hydrogen) atoms. The molecule has 16 nitrogen and oxygen atoms in total. The molecule has 0 radical (unpaired) electrons. The quantitative estimate of drug-likeness (QED) is 0.0892. The van der Waals surface area contributed by atoms with Crippen LogP contribution in [0.3, 0.4) is 0 Å². The standard InChI is InChI=1S/C27H50O16/c1-11(2)5-6-38-25-21(35)23(17(31)13(7-28)39-25)43-27-22(36)24(18(32)14(8-29)40-27)42-26-20(34)19(33)16(30)15(41-26)10-37-9-12(3)4/h11-36H,5-10H2,1-4H3. The van der Waals surface area contributed by atoms with Crippen molar-refractivity contribution in [2.24, 2.45) is 11.8 Å². The van der Waals surface area contributed by atoms with E-state index in [1.54, 1.807) is 0 Å². The molecule has 0 aromatic rings. The third-order valence-electron chi connectivity index (χ3n) is 7.61. The Morgan fingerprint density at radius 1 is 0.558 bits per heavy atom. The molecule has 15 atom stereocenters. The summed E-state index contributed by atoms with van der Waals surface area (Å²) in [5, 5.41) is 94.6. The summed E-state index contributed by atoms with van der Waals surface area (Å²) in [6.45, 7) is 6.72. The minimum atomic E-state index is -1.86. The molecule has 0 amide bonds. The number of aliphatic hydroxyl groups is 9. The second-order valence-electron chi connectivity index (χ2n) is 12.1. The molecule has 9 N–H and O–H groups in total. The smallest absolute Gasteiger partial charge is 0.187 e. The number of aliphatic hydroxyl groups excluding tert-OH is 9. The van der Waals surface area contributed by atoms with Crippen LogP contribution in [0.5, 0.6) is 0 Å². The zero-order chi connectivity index (χ0) is 32.0. The average Bonchev–Trinajstić information content (AvgIpc) is 2.95. The molecule has 0 spiro atoms. The van der Waals surface area contributed by atoms with Crippen LogP contribution in [0, 0.1) is 11.8 Å². The van der Waals surface area contributed by atoms with Gasteiger partial charge in [-0.3, -0.25) is 0 Å². The van der Waals surface area contributed by atoms with E-state index in [9.17, 15) is 46.0 Å². The summed E-state index contributed by atoms with van der Waals surface area (Å²) in [5.41, 5.74) is 0. The normalized spacial score (nSPS) is 44.3. The first-order valence-corrected chi connectivity index (χ1v) is 14.7. The fourth-order valence-corrected chi connectivity index (χ4v) is 4.99. The summed E-state index contributed by atoms with van der Waals surface area (Å²) < 4.78 is 39.2. The van der Waals surface area contributed by atoms with Gasteiger partial charge in [0.1, 0.15) is 73.2 Å². The molecule has 15 unspecified atom stereocenters. The Kier molecular flexibility index (Phi) is 14.4. The highest BCUT2D eigenvalue weighted by molar-refractivity contribution is 4.96. The molecule has 16 heteroatoms. The zero-order valence-corrected chi connectivity index (χ0v) is 24.9. The molecule has 3 fully saturated rings. The summed E-state index contributed by atoms with van der Waals surface area (Å²) in [4.78, 5) is 0. The first kappa shape index (κ1) is 36.8. The summed E-state index contributed by atoms with van der Waals surface area (Å²) in [5.74, 6) is 0.459. The zero-order valence-electron chi connectivity index (χ0n) is 24.9. The van der Waals surface area contributed by atoms with E-state index in [4.69, 9.17) is 33.2 Å². The predicted molar refractivity (Wildman–Crippen MR) is 143 cm³/mol. The van der Waals surface area contributed by atoms with Crippen LogP contribution < -0.4 is 0 Å². The van der Waals surface area contributed by atoms with Crippen molar-refractivity contribution < 1.29 is 79.1 Å². The third-order valence-corrected chi connectivity index (χ3v) is 7.61. The van der Waals surface area contributed by atoms with E-state index < -0.39 is 105 Å². The first-order valence-electron chi connectivity index (χ1n) is 14.7. The van der Waals surface area contributed by atoms with Gasteiger partial charge in [-0.2, -0.15) is 0 Å². The number of hydrogen-bond donors (Lipinski definition) is 9. The second-order valence-corrected chi connectivity index (χ2v) is 12.1. The maximum absolute atomic E-state index is 11.1. The van der Waals surface area contributed by atoms with E-state index in [1.807, 2.05) is 27.7 Å². The number of ether oxygens (including phenoxy) is 7. The van der Waals surface area contributed by atoms with E-state index in [0.717, 1.165) is 0 Å². The van der Waals surface area contributed by atoms with Gasteiger partial charge in [-0.05, 0) is 18.3 Å². The Balaban J connectivity index is 1.75. The van der Waals surface area contributed by atoms with Gasteiger partial charge in [0.25, 0.3) is 0 Å². The minimum absolute atomic E-state index is 0.154. The molecule has 3 saturated heterocycles. The van der Waals surface area contributed by atoms with Gasteiger partial charge in [-0.15, -0.1) is 0 Å². The van der Waals surface area contributed by atoms with Gasteiger partial charge in [0.15, 0.2) is 18.9 Å². The molecular weight excluding hydrogens is 580 g/mol. The van der Waals surface area contributed by atoms with Crippen LogP contribution in [-0.4, -0.2) is 171 Å². The minimum Gasteiger partial charge on any atom is -0.394 e. The fraction of sp³-hybridized carbons (Fsp3) is 1.00. The van der Waals surface area contributed by atoms with Gasteiger partial charge in [-0.1, -0.05) is 27.7 Å². The van der Waals surface area contributed by atoms with E-state index >= 15 is 0 Å². The lowest BCUT2D eigenvalue weighted by atomic mass is 9.96. The van der Waals surface area contributed by atoms with Crippen LogP contribution in [0.15, 0.2) is 0 Å². The third kappa shape index (κ3) is 9.22. The first-order chi connectivity index (χ1) is 20.3. The van der Waals surface area contributed by atoms with Crippen LogP contribution in [0.25, 0.3) is 0 Å². The van der Waals surface area contributed by atoms with Crippen LogP contribution in [-0.2, 0) is 33.2 Å². The van der Waals surface area contributed by atoms with Crippen molar-refractivity contribution in [2.45, 2.75) is 126 Å². The summed E-state index contributed by atoms with van der Waals surface area (Å²) in [6, 6.07) is 0. The Labute approximate surface area is 250 Å². The van der Waals surface area contributed by atoms with E-state index in [-0.39, 0.29) is 25.0 Å². The van der Waals surface area contributed by atoms with E-state index in [1.165, 1.54) is 0 Å². The molecule has 3 rings (SSSR count). The van der Waals surface area contributed by atoms with Gasteiger partial charge < -0.3 is 79.1 Å². The maximum atomic E-state index is 11.1. The molecule has 254 valence electrons. The average molecular weight is 631 g/mol. The lowest BCUT2D eigenvalue weighted by Gasteiger charge is -2.48. The summed E-state index contributed by atoms with van der Waals surface area (Å²) >= 11 is 0. The van der Waals surface area contributed by atoms with Crippen molar-refractivity contribution in [3.63, 3.8) is 0 Å². The lowest BCUT2D eigenvalue weighted by molar-refractivity contribution is -0.381. The lowest BCUT2D eigenvalue weighted by Crippen LogP contribution is -2.67. The number of rotatable bonds is 14. The van der Waals surface area contributed by atoms with Gasteiger partial charge in [0.05, 0.1) is 26.4 Å². The topological polar surface area (TPSA) is 247 Å². The Morgan fingerprint density at radius 3 is 1.56 bits per heavy atom. The molecule has 0 bridgehead atoms. The van der Waals surface area contributed by atoms with Crippen molar-refractivity contribution in [3.05, 3.63) is 0 Å². The molecule has 0 aromatic carbocycles. The van der Waals surface area contributed by atoms with Gasteiger partial charge in [0, 0.05) is 6.61 Å². The van der Waals surface area contributed by atoms with Crippen molar-refractivity contribution in [3.8, 4) is 0 Å². The van der Waals surface area contributed by atoms with Crippen LogP contribution in [0.2, 0.25) is 0 Å². The van der Waals surface area contributed by atoms with Gasteiger partial charge in [-0.25, -0.2) is 0 Å². The highest BCUT2D eigenvalue weighted by Gasteiger charge is 2.53. The molecule has 3 aliphatic rings. The maximum Gasteiger partial charge on any atom is 0.187 e. The molecule has 0 aliphatic carbocycles. The molecule has 3 aliphatic heterocycles. The van der Waals surface area contributed by atoms with Crippen molar-refractivity contribution >= 4 is 0 Å². The summed E-state index contributed by atoms with van der Waals surface area (Å²) in [6.07, 6.45) is -22.8. The molecule has 3 heterocycles. The van der Waals surface area contributed by atoms with E-state index in [0.29, 0.717) is 13.0 Å². The monoisotopic (exact) mass is 630 g/mol. The van der Waals surface area contributed by atoms with Crippen molar-refractivity contribution in [1.82, 2.24) is 0 Å². The molecular formula is C27H50O16. The van der Waals surface area contributed by atoms with Crippen LogP contribution >= 0.6 is 0 Å². The fourth-order valence-electron chi connectivity index (χ4n) is 4.99.